The van der Waals surface area contributed by atoms with Crippen molar-refractivity contribution in [2.24, 2.45) is 23.7 Å². The van der Waals surface area contributed by atoms with Gasteiger partial charge in [-0.1, -0.05) is 12.2 Å². The van der Waals surface area contributed by atoms with E-state index in [1.807, 2.05) is 12.2 Å². The molecule has 2 unspecified atom stereocenters. The lowest BCUT2D eigenvalue weighted by atomic mass is 9.82. The molecule has 21 heavy (non-hydrogen) atoms. The molecule has 1 fully saturated rings. The van der Waals surface area contributed by atoms with Gasteiger partial charge in [-0.05, 0) is 31.2 Å². The van der Waals surface area contributed by atoms with Crippen molar-refractivity contribution in [3.8, 4) is 0 Å². The van der Waals surface area contributed by atoms with E-state index in [-0.39, 0.29) is 17.7 Å². The smallest absolute Gasteiger partial charge is 0.307 e. The molecule has 1 amide bonds. The highest BCUT2D eigenvalue weighted by atomic mass is 16.4. The molecule has 1 aromatic heterocycles. The SMILES string of the molecule is Cc1nccc(CNC(=O)[C@H]2C3C=CC(C3)[C@H]2C(=O)O)n1. The zero-order valence-corrected chi connectivity index (χ0v) is 11.7. The predicted octanol–water partition coefficient (Wildman–Crippen LogP) is 0.924. The molecule has 1 saturated carbocycles. The van der Waals surface area contributed by atoms with Gasteiger partial charge in [-0.25, -0.2) is 9.97 Å². The van der Waals surface area contributed by atoms with Crippen LogP contribution in [0.15, 0.2) is 24.4 Å². The van der Waals surface area contributed by atoms with E-state index < -0.39 is 17.8 Å². The van der Waals surface area contributed by atoms with Crippen LogP contribution in [0.4, 0.5) is 0 Å². The van der Waals surface area contributed by atoms with Gasteiger partial charge in [0.15, 0.2) is 0 Å². The van der Waals surface area contributed by atoms with Gasteiger partial charge in [0.1, 0.15) is 5.82 Å². The number of allylic oxidation sites excluding steroid dienone is 2. The number of carbonyl (C=O) groups is 2. The fourth-order valence-electron chi connectivity index (χ4n) is 3.42. The van der Waals surface area contributed by atoms with E-state index in [2.05, 4.69) is 15.3 Å². The Morgan fingerprint density at radius 3 is 2.71 bits per heavy atom. The first kappa shape index (κ1) is 13.7. The van der Waals surface area contributed by atoms with Crippen LogP contribution in [-0.4, -0.2) is 27.0 Å². The Bertz CT molecular complexity index is 614. The van der Waals surface area contributed by atoms with Crippen LogP contribution in [0.1, 0.15) is 17.9 Å². The van der Waals surface area contributed by atoms with Gasteiger partial charge in [0.05, 0.1) is 24.1 Å². The molecule has 4 atom stereocenters. The number of aryl methyl sites for hydroxylation is 1. The number of rotatable bonds is 4. The van der Waals surface area contributed by atoms with Crippen LogP contribution in [0.2, 0.25) is 0 Å². The van der Waals surface area contributed by atoms with Crippen molar-refractivity contribution in [1.29, 1.82) is 0 Å². The highest BCUT2D eigenvalue weighted by Gasteiger charge is 2.51. The van der Waals surface area contributed by atoms with Gasteiger partial charge in [0.2, 0.25) is 5.91 Å². The molecule has 6 heteroatoms. The van der Waals surface area contributed by atoms with Crippen molar-refractivity contribution in [1.82, 2.24) is 15.3 Å². The van der Waals surface area contributed by atoms with Crippen molar-refractivity contribution in [3.05, 3.63) is 35.9 Å². The maximum Gasteiger partial charge on any atom is 0.307 e. The van der Waals surface area contributed by atoms with E-state index in [4.69, 9.17) is 0 Å². The summed E-state index contributed by atoms with van der Waals surface area (Å²) in [5.41, 5.74) is 0.724. The second-order valence-electron chi connectivity index (χ2n) is 5.65. The number of hydrogen-bond donors (Lipinski definition) is 2. The fourth-order valence-corrected chi connectivity index (χ4v) is 3.42. The summed E-state index contributed by atoms with van der Waals surface area (Å²) in [6, 6.07) is 1.74. The van der Waals surface area contributed by atoms with Crippen LogP contribution in [0.25, 0.3) is 0 Å². The lowest BCUT2D eigenvalue weighted by molar-refractivity contribution is -0.147. The van der Waals surface area contributed by atoms with Crippen LogP contribution in [0.5, 0.6) is 0 Å². The minimum atomic E-state index is -0.884. The van der Waals surface area contributed by atoms with E-state index >= 15 is 0 Å². The molecule has 0 spiro atoms. The maximum absolute atomic E-state index is 12.4. The minimum absolute atomic E-state index is 0.00968. The molecule has 6 nitrogen and oxygen atoms in total. The van der Waals surface area contributed by atoms with Crippen molar-refractivity contribution < 1.29 is 14.7 Å². The quantitative estimate of drug-likeness (QED) is 0.803. The summed E-state index contributed by atoms with van der Waals surface area (Å²) < 4.78 is 0. The number of aromatic nitrogens is 2. The largest absolute Gasteiger partial charge is 0.481 e. The maximum atomic E-state index is 12.4. The first-order valence-corrected chi connectivity index (χ1v) is 7.03. The lowest BCUT2D eigenvalue weighted by Crippen LogP contribution is -2.40. The summed E-state index contributed by atoms with van der Waals surface area (Å²) in [6.45, 7) is 2.08. The Balaban J connectivity index is 1.68. The molecule has 3 rings (SSSR count). The molecule has 0 radical (unpaired) electrons. The Hall–Kier alpha value is -2.24. The number of carboxylic acids is 1. The van der Waals surface area contributed by atoms with E-state index in [9.17, 15) is 14.7 Å². The van der Waals surface area contributed by atoms with E-state index in [1.165, 1.54) is 0 Å². The van der Waals surface area contributed by atoms with Crippen LogP contribution in [0.3, 0.4) is 0 Å². The van der Waals surface area contributed by atoms with Gasteiger partial charge >= 0.3 is 5.97 Å². The fraction of sp³-hybridized carbons (Fsp3) is 0.467. The van der Waals surface area contributed by atoms with E-state index in [0.29, 0.717) is 12.4 Å². The average Bonchev–Trinajstić information content (AvgIpc) is 3.05. The number of hydrogen-bond acceptors (Lipinski definition) is 4. The summed E-state index contributed by atoms with van der Waals surface area (Å²) in [4.78, 5) is 32.0. The van der Waals surface area contributed by atoms with Crippen LogP contribution < -0.4 is 5.32 Å². The summed E-state index contributed by atoms with van der Waals surface area (Å²) in [5.74, 6) is -1.48. The molecular formula is C15H17N3O3. The molecular weight excluding hydrogens is 270 g/mol. The van der Waals surface area contributed by atoms with E-state index in [1.54, 1.807) is 19.2 Å². The highest BCUT2D eigenvalue weighted by molar-refractivity contribution is 5.86. The van der Waals surface area contributed by atoms with Crippen molar-refractivity contribution in [3.63, 3.8) is 0 Å². The number of nitrogens with one attached hydrogen (secondary N) is 1. The third kappa shape index (κ3) is 2.53. The Labute approximate surface area is 122 Å². The number of carboxylic acid groups (broad SMARTS) is 1. The summed E-state index contributed by atoms with van der Waals surface area (Å²) in [6.07, 6.45) is 6.32. The lowest BCUT2D eigenvalue weighted by Gasteiger charge is -2.23. The van der Waals surface area contributed by atoms with Crippen molar-refractivity contribution >= 4 is 11.9 Å². The Morgan fingerprint density at radius 2 is 2.05 bits per heavy atom. The normalized spacial score (nSPS) is 29.6. The zero-order valence-electron chi connectivity index (χ0n) is 11.7. The Morgan fingerprint density at radius 1 is 1.33 bits per heavy atom. The average molecular weight is 287 g/mol. The molecule has 0 aromatic carbocycles. The molecule has 2 bridgehead atoms. The van der Waals surface area contributed by atoms with Crippen LogP contribution in [0, 0.1) is 30.6 Å². The highest BCUT2D eigenvalue weighted by Crippen LogP contribution is 2.48. The zero-order chi connectivity index (χ0) is 15.0. The summed E-state index contributed by atoms with van der Waals surface area (Å²) in [7, 11) is 0. The monoisotopic (exact) mass is 287 g/mol. The molecule has 0 saturated heterocycles. The third-order valence-corrected chi connectivity index (χ3v) is 4.32. The molecule has 0 aliphatic heterocycles. The van der Waals surface area contributed by atoms with Gasteiger partial charge in [-0.3, -0.25) is 9.59 Å². The molecule has 2 N–H and O–H groups in total. The number of amides is 1. The van der Waals surface area contributed by atoms with Crippen LogP contribution in [-0.2, 0) is 16.1 Å². The molecule has 110 valence electrons. The van der Waals surface area contributed by atoms with Crippen molar-refractivity contribution in [2.45, 2.75) is 19.9 Å². The second kappa shape index (κ2) is 5.27. The van der Waals surface area contributed by atoms with Gasteiger partial charge in [-0.2, -0.15) is 0 Å². The first-order valence-electron chi connectivity index (χ1n) is 7.03. The molecule has 1 heterocycles. The van der Waals surface area contributed by atoms with E-state index in [0.717, 1.165) is 12.1 Å². The number of carbonyl (C=O) groups excluding carboxylic acids is 1. The molecule has 2 aliphatic carbocycles. The van der Waals surface area contributed by atoms with Crippen molar-refractivity contribution in [2.75, 3.05) is 0 Å². The van der Waals surface area contributed by atoms with Gasteiger partial charge in [0.25, 0.3) is 0 Å². The van der Waals surface area contributed by atoms with Gasteiger partial charge in [0, 0.05) is 6.20 Å². The topological polar surface area (TPSA) is 92.2 Å². The molecule has 1 aromatic rings. The van der Waals surface area contributed by atoms with Crippen LogP contribution >= 0.6 is 0 Å². The molecule has 2 aliphatic rings. The van der Waals surface area contributed by atoms with Gasteiger partial charge in [-0.15, -0.1) is 0 Å². The van der Waals surface area contributed by atoms with Gasteiger partial charge < -0.3 is 10.4 Å². The summed E-state index contributed by atoms with van der Waals surface area (Å²) >= 11 is 0. The number of aliphatic carboxylic acids is 1. The number of fused-ring (bicyclic) bond motifs is 2. The minimum Gasteiger partial charge on any atom is -0.481 e. The third-order valence-electron chi connectivity index (χ3n) is 4.32. The predicted molar refractivity (Wildman–Crippen MR) is 74.0 cm³/mol. The second-order valence-corrected chi connectivity index (χ2v) is 5.65. The standard InChI is InChI=1S/C15H17N3O3/c1-8-16-5-4-11(18-8)7-17-14(19)12-9-2-3-10(6-9)13(12)15(20)21/h2-5,9-10,12-13H,6-7H2,1H3,(H,17,19)(H,20,21)/t9?,10?,12-,13+/m0/s1. The number of nitrogens with zero attached hydrogens (tertiary/aromatic N) is 2. The Kier molecular flexibility index (Phi) is 3.45. The first-order chi connectivity index (χ1) is 10.1. The summed E-state index contributed by atoms with van der Waals surface area (Å²) in [5, 5.41) is 12.2.